The van der Waals surface area contributed by atoms with E-state index < -0.39 is 5.60 Å². The smallest absolute Gasteiger partial charge is 0.236 e. The molecular weight excluding hydrogens is 306 g/mol. The molecule has 5 atom stereocenters. The van der Waals surface area contributed by atoms with Crippen molar-refractivity contribution in [2.24, 2.45) is 5.92 Å². The first-order chi connectivity index (χ1) is 11.3. The summed E-state index contributed by atoms with van der Waals surface area (Å²) in [6.45, 7) is 7.61. The molecule has 0 saturated carbocycles. The second kappa shape index (κ2) is 9.18. The van der Waals surface area contributed by atoms with Gasteiger partial charge in [-0.15, -0.1) is 0 Å². The van der Waals surface area contributed by atoms with Gasteiger partial charge < -0.3 is 20.7 Å². The number of hydrogen-bond acceptors (Lipinski definition) is 4. The number of amides is 2. The van der Waals surface area contributed by atoms with Crippen molar-refractivity contribution in [3.8, 4) is 0 Å². The number of likely N-dealkylation sites (N-methyl/N-ethyl adjacent to an activating group) is 1. The minimum atomic E-state index is -0.504. The van der Waals surface area contributed by atoms with Gasteiger partial charge in [-0.1, -0.05) is 25.5 Å². The van der Waals surface area contributed by atoms with Crippen LogP contribution in [0.4, 0.5) is 0 Å². The molecular formula is C18H33N3O3. The highest BCUT2D eigenvalue weighted by molar-refractivity contribution is 5.82. The Morgan fingerprint density at radius 1 is 1.46 bits per heavy atom. The lowest BCUT2D eigenvalue weighted by Gasteiger charge is -2.41. The van der Waals surface area contributed by atoms with Crippen LogP contribution in [-0.4, -0.2) is 49.7 Å². The van der Waals surface area contributed by atoms with Crippen LogP contribution < -0.4 is 16.0 Å². The van der Waals surface area contributed by atoms with Gasteiger partial charge in [-0.2, -0.15) is 0 Å². The van der Waals surface area contributed by atoms with Crippen molar-refractivity contribution >= 4 is 11.8 Å². The molecule has 0 aromatic carbocycles. The van der Waals surface area contributed by atoms with Gasteiger partial charge >= 0.3 is 0 Å². The van der Waals surface area contributed by atoms with Crippen LogP contribution in [0.5, 0.6) is 0 Å². The Hall–Kier alpha value is -1.40. The molecule has 1 rings (SSSR count). The van der Waals surface area contributed by atoms with Gasteiger partial charge in [0.1, 0.15) is 0 Å². The minimum Gasteiger partial charge on any atom is -0.376 e. The average Bonchev–Trinajstić information content (AvgIpc) is 2.95. The van der Waals surface area contributed by atoms with Crippen LogP contribution in [0, 0.1) is 5.92 Å². The molecule has 1 saturated heterocycles. The van der Waals surface area contributed by atoms with Crippen LogP contribution in [0.25, 0.3) is 0 Å². The van der Waals surface area contributed by atoms with Crippen molar-refractivity contribution in [3.63, 3.8) is 0 Å². The van der Waals surface area contributed by atoms with Crippen molar-refractivity contribution in [1.82, 2.24) is 16.0 Å². The van der Waals surface area contributed by atoms with Crippen LogP contribution in [0.15, 0.2) is 12.2 Å². The third kappa shape index (κ3) is 4.80. The fraction of sp³-hybridized carbons (Fsp3) is 0.778. The van der Waals surface area contributed by atoms with Crippen LogP contribution in [0.2, 0.25) is 0 Å². The third-order valence-corrected chi connectivity index (χ3v) is 4.95. The van der Waals surface area contributed by atoms with Gasteiger partial charge in [0.05, 0.1) is 17.7 Å². The monoisotopic (exact) mass is 339 g/mol. The van der Waals surface area contributed by atoms with E-state index in [1.807, 2.05) is 19.9 Å². The van der Waals surface area contributed by atoms with Crippen molar-refractivity contribution in [1.29, 1.82) is 0 Å². The van der Waals surface area contributed by atoms with Crippen molar-refractivity contribution < 1.29 is 14.3 Å². The fourth-order valence-electron chi connectivity index (χ4n) is 3.71. The number of carbonyl (C=O) groups is 2. The Kier molecular flexibility index (Phi) is 7.90. The third-order valence-electron chi connectivity index (χ3n) is 4.95. The predicted molar refractivity (Wildman–Crippen MR) is 95.6 cm³/mol. The Bertz CT molecular complexity index is 466. The summed E-state index contributed by atoms with van der Waals surface area (Å²) in [5.41, 5.74) is -0.504. The molecule has 1 heterocycles. The lowest BCUT2D eigenvalue weighted by atomic mass is 9.81. The predicted octanol–water partition coefficient (Wildman–Crippen LogP) is 1.37. The maximum Gasteiger partial charge on any atom is 0.236 e. The van der Waals surface area contributed by atoms with Gasteiger partial charge in [-0.25, -0.2) is 0 Å². The molecule has 2 amide bonds. The van der Waals surface area contributed by atoms with E-state index >= 15 is 0 Å². The van der Waals surface area contributed by atoms with E-state index in [2.05, 4.69) is 29.0 Å². The summed E-state index contributed by atoms with van der Waals surface area (Å²) >= 11 is 0. The first-order valence-electron chi connectivity index (χ1n) is 8.75. The summed E-state index contributed by atoms with van der Waals surface area (Å²) in [6.07, 6.45) is 6.58. The SMILES string of the molecule is C/C=C\[C@@H]1C[C@H](C(=O)NC)N[C@H]1[C@@H](NC(C)=O)[C@](C)(CCC)OC. The molecule has 6 nitrogen and oxygen atoms in total. The minimum absolute atomic E-state index is 0.0248. The molecule has 1 aliphatic rings. The van der Waals surface area contributed by atoms with E-state index in [1.165, 1.54) is 6.92 Å². The topological polar surface area (TPSA) is 79.5 Å². The number of nitrogens with one attached hydrogen (secondary N) is 3. The molecule has 0 aromatic heterocycles. The Morgan fingerprint density at radius 2 is 2.12 bits per heavy atom. The fourth-order valence-corrected chi connectivity index (χ4v) is 3.71. The van der Waals surface area contributed by atoms with Crippen LogP contribution in [0.3, 0.4) is 0 Å². The first-order valence-corrected chi connectivity index (χ1v) is 8.75. The maximum absolute atomic E-state index is 12.1. The molecule has 6 heteroatoms. The number of allylic oxidation sites excluding steroid dienone is 1. The lowest BCUT2D eigenvalue weighted by Crippen LogP contribution is -2.62. The summed E-state index contributed by atoms with van der Waals surface area (Å²) in [7, 11) is 3.32. The Balaban J connectivity index is 3.17. The van der Waals surface area contributed by atoms with Gasteiger partial charge in [-0.3, -0.25) is 9.59 Å². The highest BCUT2D eigenvalue weighted by Gasteiger charge is 2.47. The number of rotatable bonds is 8. The molecule has 3 N–H and O–H groups in total. The Morgan fingerprint density at radius 3 is 2.58 bits per heavy atom. The zero-order valence-corrected chi connectivity index (χ0v) is 15.8. The zero-order chi connectivity index (χ0) is 18.3. The average molecular weight is 339 g/mol. The summed E-state index contributed by atoms with van der Waals surface area (Å²) in [4.78, 5) is 23.9. The summed E-state index contributed by atoms with van der Waals surface area (Å²) in [5.74, 6) is 0.0347. The lowest BCUT2D eigenvalue weighted by molar-refractivity contribution is -0.123. The van der Waals surface area contributed by atoms with E-state index in [0.29, 0.717) is 6.42 Å². The Labute approximate surface area is 145 Å². The molecule has 138 valence electrons. The van der Waals surface area contributed by atoms with E-state index in [9.17, 15) is 9.59 Å². The molecule has 1 fully saturated rings. The molecule has 24 heavy (non-hydrogen) atoms. The molecule has 0 unspecified atom stereocenters. The number of methoxy groups -OCH3 is 1. The quantitative estimate of drug-likeness (QED) is 0.584. The summed E-state index contributed by atoms with van der Waals surface area (Å²) in [5, 5.41) is 9.20. The highest BCUT2D eigenvalue weighted by atomic mass is 16.5. The molecule has 0 aromatic rings. The van der Waals surface area contributed by atoms with Gasteiger partial charge in [-0.05, 0) is 32.6 Å². The first kappa shape index (κ1) is 20.6. The van der Waals surface area contributed by atoms with Crippen LogP contribution in [-0.2, 0) is 14.3 Å². The second-order valence-corrected chi connectivity index (χ2v) is 6.73. The molecule has 1 aliphatic heterocycles. The summed E-state index contributed by atoms with van der Waals surface area (Å²) in [6, 6.07) is -0.556. The second-order valence-electron chi connectivity index (χ2n) is 6.73. The standard InChI is InChI=1S/C18H33N3O3/c1-7-9-13-11-14(17(23)19-5)21-15(13)16(20-12(3)22)18(4,24-6)10-8-2/h7,9,13-16,21H,8,10-11H2,1-6H3,(H,19,23)(H,20,22)/b9-7-/t13-,14-,15-,16-,18+/m1/s1. The van der Waals surface area contributed by atoms with E-state index in [1.54, 1.807) is 14.2 Å². The number of carbonyl (C=O) groups excluding carboxylic acids is 2. The van der Waals surface area contributed by atoms with Crippen molar-refractivity contribution in [3.05, 3.63) is 12.2 Å². The van der Waals surface area contributed by atoms with E-state index in [4.69, 9.17) is 4.74 Å². The molecule has 0 radical (unpaired) electrons. The van der Waals surface area contributed by atoms with Crippen molar-refractivity contribution in [2.75, 3.05) is 14.2 Å². The van der Waals surface area contributed by atoms with Crippen LogP contribution in [0.1, 0.15) is 47.0 Å². The molecule has 0 aliphatic carbocycles. The van der Waals surface area contributed by atoms with Gasteiger partial charge in [0.2, 0.25) is 11.8 Å². The van der Waals surface area contributed by atoms with Crippen molar-refractivity contribution in [2.45, 2.75) is 70.7 Å². The highest BCUT2D eigenvalue weighted by Crippen LogP contribution is 2.32. The normalized spacial score (nSPS) is 27.7. The zero-order valence-electron chi connectivity index (χ0n) is 15.8. The maximum atomic E-state index is 12.1. The van der Waals surface area contributed by atoms with E-state index in [-0.39, 0.29) is 35.9 Å². The molecule has 0 bridgehead atoms. The van der Waals surface area contributed by atoms with Gasteiger partial charge in [0, 0.05) is 27.1 Å². The molecule has 0 spiro atoms. The number of hydrogen-bond donors (Lipinski definition) is 3. The summed E-state index contributed by atoms with van der Waals surface area (Å²) < 4.78 is 5.82. The van der Waals surface area contributed by atoms with Crippen LogP contribution >= 0.6 is 0 Å². The largest absolute Gasteiger partial charge is 0.376 e. The van der Waals surface area contributed by atoms with E-state index in [0.717, 1.165) is 12.8 Å². The number of ether oxygens (including phenoxy) is 1. The van der Waals surface area contributed by atoms with Gasteiger partial charge in [0.15, 0.2) is 0 Å². The van der Waals surface area contributed by atoms with Gasteiger partial charge in [0.25, 0.3) is 0 Å².